The van der Waals surface area contributed by atoms with Gasteiger partial charge in [0.25, 0.3) is 0 Å². The Labute approximate surface area is 137 Å². The Morgan fingerprint density at radius 3 is 2.27 bits per heavy atom. The largest absolute Gasteiger partial charge is 0.433 e. The molecular formula is C15H13ClF2N2OS. The van der Waals surface area contributed by atoms with Crippen LogP contribution in [-0.2, 0) is 0 Å². The van der Waals surface area contributed by atoms with E-state index in [2.05, 4.69) is 15.4 Å². The molecule has 0 unspecified atom stereocenters. The van der Waals surface area contributed by atoms with Gasteiger partial charge in [-0.2, -0.15) is 8.78 Å². The van der Waals surface area contributed by atoms with Crippen LogP contribution in [0.4, 0.5) is 20.2 Å². The van der Waals surface area contributed by atoms with Crippen molar-refractivity contribution in [3.63, 3.8) is 0 Å². The zero-order valence-corrected chi connectivity index (χ0v) is 13.1. The highest BCUT2D eigenvalue weighted by Gasteiger charge is 2.09. The maximum Gasteiger partial charge on any atom is 0.387 e. The van der Waals surface area contributed by atoms with E-state index in [1.165, 1.54) is 12.1 Å². The molecule has 0 heterocycles. The number of benzene rings is 2. The first kappa shape index (κ1) is 16.5. The lowest BCUT2D eigenvalue weighted by atomic mass is 10.2. The molecule has 3 nitrogen and oxygen atoms in total. The lowest BCUT2D eigenvalue weighted by Gasteiger charge is -2.12. The third-order valence-electron chi connectivity index (χ3n) is 2.72. The van der Waals surface area contributed by atoms with Gasteiger partial charge in [0.2, 0.25) is 0 Å². The van der Waals surface area contributed by atoms with E-state index in [1.807, 2.05) is 31.2 Å². The van der Waals surface area contributed by atoms with Crippen LogP contribution in [0.15, 0.2) is 42.5 Å². The molecule has 0 atom stereocenters. The summed E-state index contributed by atoms with van der Waals surface area (Å²) in [6, 6.07) is 12.1. The van der Waals surface area contributed by atoms with E-state index in [4.69, 9.17) is 23.8 Å². The van der Waals surface area contributed by atoms with Gasteiger partial charge in [-0.25, -0.2) is 0 Å². The van der Waals surface area contributed by atoms with Gasteiger partial charge in [-0.05, 0) is 49.5 Å². The zero-order valence-electron chi connectivity index (χ0n) is 11.6. The molecule has 2 rings (SSSR count). The Bertz CT molecular complexity index is 665. The summed E-state index contributed by atoms with van der Waals surface area (Å²) in [4.78, 5) is 0. The van der Waals surface area contributed by atoms with Crippen molar-refractivity contribution in [3.05, 3.63) is 53.1 Å². The number of nitrogens with one attached hydrogen (secondary N) is 2. The molecule has 0 aromatic heterocycles. The topological polar surface area (TPSA) is 33.3 Å². The Morgan fingerprint density at radius 2 is 1.68 bits per heavy atom. The molecule has 7 heteroatoms. The molecular weight excluding hydrogens is 330 g/mol. The summed E-state index contributed by atoms with van der Waals surface area (Å²) in [7, 11) is 0. The second-order valence-corrected chi connectivity index (χ2v) is 5.28. The number of hydrogen-bond acceptors (Lipinski definition) is 2. The third kappa shape index (κ3) is 4.82. The fourth-order valence-corrected chi connectivity index (χ4v) is 2.16. The second kappa shape index (κ2) is 7.38. The number of alkyl halides is 2. The highest BCUT2D eigenvalue weighted by atomic mass is 35.5. The van der Waals surface area contributed by atoms with Crippen LogP contribution in [-0.4, -0.2) is 11.7 Å². The molecule has 0 aliphatic rings. The lowest BCUT2D eigenvalue weighted by Crippen LogP contribution is -2.19. The van der Waals surface area contributed by atoms with Crippen LogP contribution in [0.2, 0.25) is 5.02 Å². The number of ether oxygens (including phenoxy) is 1. The molecule has 2 aromatic carbocycles. The van der Waals surface area contributed by atoms with Crippen molar-refractivity contribution in [2.45, 2.75) is 13.5 Å². The number of rotatable bonds is 4. The third-order valence-corrected chi connectivity index (χ3v) is 3.21. The predicted molar refractivity (Wildman–Crippen MR) is 89.1 cm³/mol. The summed E-state index contributed by atoms with van der Waals surface area (Å²) in [6.45, 7) is -0.925. The van der Waals surface area contributed by atoms with Gasteiger partial charge in [0, 0.05) is 11.4 Å². The Hall–Kier alpha value is -1.92. The van der Waals surface area contributed by atoms with Crippen LogP contribution in [0.1, 0.15) is 5.56 Å². The van der Waals surface area contributed by atoms with E-state index in [-0.39, 0.29) is 10.8 Å². The van der Waals surface area contributed by atoms with E-state index in [9.17, 15) is 8.78 Å². The number of aryl methyl sites for hydroxylation is 1. The predicted octanol–water partition coefficient (Wildman–Crippen LogP) is 5.06. The summed E-state index contributed by atoms with van der Waals surface area (Å²) >= 11 is 11.1. The molecule has 0 spiro atoms. The van der Waals surface area contributed by atoms with Crippen LogP contribution in [0.5, 0.6) is 5.75 Å². The van der Waals surface area contributed by atoms with Crippen LogP contribution in [0, 0.1) is 6.92 Å². The zero-order chi connectivity index (χ0) is 16.1. The molecule has 0 aliphatic heterocycles. The fourth-order valence-electron chi connectivity index (χ4n) is 1.70. The average Bonchev–Trinajstić information content (AvgIpc) is 2.44. The van der Waals surface area contributed by atoms with Gasteiger partial charge < -0.3 is 15.4 Å². The van der Waals surface area contributed by atoms with Crippen molar-refractivity contribution < 1.29 is 13.5 Å². The van der Waals surface area contributed by atoms with E-state index in [0.717, 1.165) is 11.3 Å². The molecule has 0 saturated heterocycles. The SMILES string of the molecule is Cc1ccc(NC(=S)Nc2ccc(OC(F)F)c(Cl)c2)cc1. The standard InChI is InChI=1S/C15H13ClF2N2OS/c1-9-2-4-10(5-3-9)19-15(22)20-11-6-7-13(12(16)8-11)21-14(17)18/h2-8,14H,1H3,(H2,19,20,22). The molecule has 2 aromatic rings. The first-order valence-electron chi connectivity index (χ1n) is 6.33. The van der Waals surface area contributed by atoms with E-state index >= 15 is 0 Å². The van der Waals surface area contributed by atoms with Crippen molar-refractivity contribution >= 4 is 40.3 Å². The molecule has 0 amide bonds. The van der Waals surface area contributed by atoms with Crippen molar-refractivity contribution in [2.75, 3.05) is 10.6 Å². The summed E-state index contributed by atoms with van der Waals surface area (Å²) in [6.07, 6.45) is 0. The minimum atomic E-state index is -2.92. The minimum absolute atomic E-state index is 0.0726. The van der Waals surface area contributed by atoms with Gasteiger partial charge in [-0.15, -0.1) is 0 Å². The molecule has 0 saturated carbocycles. The van der Waals surface area contributed by atoms with Crippen LogP contribution >= 0.6 is 23.8 Å². The Balaban J connectivity index is 1.99. The van der Waals surface area contributed by atoms with Crippen LogP contribution < -0.4 is 15.4 Å². The van der Waals surface area contributed by atoms with E-state index < -0.39 is 6.61 Å². The second-order valence-electron chi connectivity index (χ2n) is 4.47. The van der Waals surface area contributed by atoms with Gasteiger partial charge in [0.15, 0.2) is 5.11 Å². The van der Waals surface area contributed by atoms with E-state index in [0.29, 0.717) is 10.8 Å². The molecule has 0 bridgehead atoms. The Kier molecular flexibility index (Phi) is 5.51. The molecule has 22 heavy (non-hydrogen) atoms. The first-order valence-corrected chi connectivity index (χ1v) is 7.11. The van der Waals surface area contributed by atoms with Crippen LogP contribution in [0.3, 0.4) is 0 Å². The van der Waals surface area contributed by atoms with Crippen molar-refractivity contribution in [1.29, 1.82) is 0 Å². The number of hydrogen-bond donors (Lipinski definition) is 2. The van der Waals surface area contributed by atoms with Gasteiger partial charge >= 0.3 is 6.61 Å². The average molecular weight is 343 g/mol. The van der Waals surface area contributed by atoms with Gasteiger partial charge in [-0.3, -0.25) is 0 Å². The molecule has 0 aliphatic carbocycles. The van der Waals surface area contributed by atoms with Gasteiger partial charge in [0.05, 0.1) is 5.02 Å². The normalized spacial score (nSPS) is 10.4. The summed E-state index contributed by atoms with van der Waals surface area (Å²) in [5.74, 6) is -0.0837. The maximum atomic E-state index is 12.2. The number of thiocarbonyl (C=S) groups is 1. The summed E-state index contributed by atoms with van der Waals surface area (Å²) in [5.41, 5.74) is 2.55. The van der Waals surface area contributed by atoms with Crippen LogP contribution in [0.25, 0.3) is 0 Å². The minimum Gasteiger partial charge on any atom is -0.433 e. The number of halogens is 3. The quantitative estimate of drug-likeness (QED) is 0.761. The highest BCUT2D eigenvalue weighted by molar-refractivity contribution is 7.80. The smallest absolute Gasteiger partial charge is 0.387 e. The molecule has 116 valence electrons. The molecule has 0 fully saturated rings. The summed E-state index contributed by atoms with van der Waals surface area (Å²) < 4.78 is 28.6. The van der Waals surface area contributed by atoms with Crippen molar-refractivity contribution in [1.82, 2.24) is 0 Å². The monoisotopic (exact) mass is 342 g/mol. The lowest BCUT2D eigenvalue weighted by molar-refractivity contribution is -0.0497. The summed E-state index contributed by atoms with van der Waals surface area (Å²) in [5, 5.41) is 6.37. The van der Waals surface area contributed by atoms with Gasteiger partial charge in [-0.1, -0.05) is 29.3 Å². The maximum absolute atomic E-state index is 12.2. The molecule has 2 N–H and O–H groups in total. The van der Waals surface area contributed by atoms with Crippen molar-refractivity contribution in [3.8, 4) is 5.75 Å². The molecule has 0 radical (unpaired) electrons. The highest BCUT2D eigenvalue weighted by Crippen LogP contribution is 2.29. The fraction of sp³-hybridized carbons (Fsp3) is 0.133. The van der Waals surface area contributed by atoms with Crippen molar-refractivity contribution in [2.24, 2.45) is 0 Å². The van der Waals surface area contributed by atoms with E-state index in [1.54, 1.807) is 6.07 Å². The Morgan fingerprint density at radius 1 is 1.09 bits per heavy atom. The number of anilines is 2. The van der Waals surface area contributed by atoms with Gasteiger partial charge in [0.1, 0.15) is 5.75 Å². The first-order chi connectivity index (χ1) is 10.4.